The van der Waals surface area contributed by atoms with Gasteiger partial charge in [-0.15, -0.1) is 0 Å². The first-order valence-electron chi connectivity index (χ1n) is 10.6. The van der Waals surface area contributed by atoms with Gasteiger partial charge in [-0.3, -0.25) is 19.7 Å². The predicted octanol–water partition coefficient (Wildman–Crippen LogP) is 3.29. The summed E-state index contributed by atoms with van der Waals surface area (Å²) in [6.45, 7) is 1.31. The Bertz CT molecular complexity index is 1230. The van der Waals surface area contributed by atoms with Crippen molar-refractivity contribution in [2.75, 3.05) is 32.6 Å². The van der Waals surface area contributed by atoms with Crippen LogP contribution >= 0.6 is 0 Å². The van der Waals surface area contributed by atoms with Crippen molar-refractivity contribution < 1.29 is 24.0 Å². The number of amides is 2. The summed E-state index contributed by atoms with van der Waals surface area (Å²) in [5.41, 5.74) is 1.19. The maximum atomic E-state index is 13.1. The van der Waals surface area contributed by atoms with Gasteiger partial charge in [0.15, 0.2) is 17.2 Å². The zero-order chi connectivity index (χ0) is 24.2. The molecule has 4 rings (SSSR count). The van der Waals surface area contributed by atoms with Crippen molar-refractivity contribution in [2.24, 2.45) is 0 Å². The molecular weight excluding hydrogens is 442 g/mol. The minimum Gasteiger partial charge on any atom is -0.493 e. The maximum absolute atomic E-state index is 13.1. The topological polar surface area (TPSA) is 129 Å². The summed E-state index contributed by atoms with van der Waals surface area (Å²) in [6, 6.07) is 10.4. The second-order valence-electron chi connectivity index (χ2n) is 7.63. The molecule has 1 fully saturated rings. The Labute approximate surface area is 195 Å². The molecule has 2 amide bonds. The van der Waals surface area contributed by atoms with Gasteiger partial charge in [0.25, 0.3) is 17.5 Å². The quantitative estimate of drug-likeness (QED) is 0.419. The lowest BCUT2D eigenvalue weighted by Crippen LogP contribution is -2.29. The molecule has 11 heteroatoms. The average molecular weight is 465 g/mol. The maximum Gasteiger partial charge on any atom is 0.276 e. The number of nitro groups is 1. The van der Waals surface area contributed by atoms with Crippen LogP contribution in [0.3, 0.4) is 0 Å². The molecule has 2 aromatic carbocycles. The van der Waals surface area contributed by atoms with Crippen molar-refractivity contribution in [3.8, 4) is 17.2 Å². The number of nitro benzene ring substituents is 1. The fourth-order valence-corrected chi connectivity index (χ4v) is 3.75. The highest BCUT2D eigenvalue weighted by Gasteiger charge is 2.25. The fourth-order valence-electron chi connectivity index (χ4n) is 3.75. The third-order valence-corrected chi connectivity index (χ3v) is 5.54. The number of non-ortho nitro benzene ring substituents is 1. The van der Waals surface area contributed by atoms with Gasteiger partial charge in [-0.2, -0.15) is 5.10 Å². The molecule has 34 heavy (non-hydrogen) atoms. The number of methoxy groups -OCH3 is 2. The van der Waals surface area contributed by atoms with Crippen molar-refractivity contribution in [3.05, 3.63) is 70.0 Å². The number of nitrogens with one attached hydrogen (secondary N) is 1. The molecule has 11 nitrogen and oxygen atoms in total. The molecular formula is C23H23N5O6. The lowest BCUT2D eigenvalue weighted by atomic mass is 10.1. The number of anilines is 1. The number of carbonyl (C=O) groups excluding carboxylic acids is 2. The largest absolute Gasteiger partial charge is 0.493 e. The Kier molecular flexibility index (Phi) is 6.44. The van der Waals surface area contributed by atoms with Crippen LogP contribution in [0.4, 0.5) is 11.4 Å². The molecule has 1 aromatic heterocycles. The van der Waals surface area contributed by atoms with E-state index >= 15 is 0 Å². The van der Waals surface area contributed by atoms with Gasteiger partial charge in [0, 0.05) is 37.5 Å². The molecule has 0 bridgehead atoms. The molecule has 176 valence electrons. The van der Waals surface area contributed by atoms with Crippen LogP contribution in [-0.4, -0.2) is 58.7 Å². The molecule has 1 aliphatic heterocycles. The summed E-state index contributed by atoms with van der Waals surface area (Å²) in [7, 11) is 2.95. The van der Waals surface area contributed by atoms with Gasteiger partial charge < -0.3 is 19.7 Å². The third kappa shape index (κ3) is 4.53. The number of carbonyl (C=O) groups is 2. The summed E-state index contributed by atoms with van der Waals surface area (Å²) in [5.74, 6) is 0.0196. The number of nitrogens with zero attached hydrogens (tertiary/aromatic N) is 4. The van der Waals surface area contributed by atoms with Gasteiger partial charge in [0.1, 0.15) is 0 Å². The predicted molar refractivity (Wildman–Crippen MR) is 123 cm³/mol. The number of hydrogen-bond donors (Lipinski definition) is 1. The summed E-state index contributed by atoms with van der Waals surface area (Å²) in [5, 5.41) is 17.9. The monoisotopic (exact) mass is 465 g/mol. The molecule has 3 aromatic rings. The van der Waals surface area contributed by atoms with Crippen molar-refractivity contribution in [3.63, 3.8) is 0 Å². The zero-order valence-corrected chi connectivity index (χ0v) is 18.7. The van der Waals surface area contributed by atoms with Gasteiger partial charge in [-0.25, -0.2) is 4.68 Å². The van der Waals surface area contributed by atoms with E-state index in [0.29, 0.717) is 35.8 Å². The Balaban J connectivity index is 1.61. The Hall–Kier alpha value is -4.41. The van der Waals surface area contributed by atoms with E-state index in [9.17, 15) is 19.7 Å². The standard InChI is InChI=1S/C23H23N5O6/c1-33-20-13-17(23(30)26-10-3-4-11-26)19(14-21(20)34-2)24-22(29)18-9-12-27(25-18)15-5-7-16(8-6-15)28(31)32/h5-9,12-14H,3-4,10-11H2,1-2H3,(H,24,29). The number of likely N-dealkylation sites (tertiary alicyclic amines) is 1. The van der Waals surface area contributed by atoms with E-state index in [2.05, 4.69) is 10.4 Å². The first-order valence-corrected chi connectivity index (χ1v) is 10.6. The summed E-state index contributed by atoms with van der Waals surface area (Å²) in [4.78, 5) is 38.2. The summed E-state index contributed by atoms with van der Waals surface area (Å²) in [6.07, 6.45) is 3.43. The van der Waals surface area contributed by atoms with Crippen LogP contribution in [0.25, 0.3) is 5.69 Å². The number of ether oxygens (including phenoxy) is 2. The Morgan fingerprint density at radius 2 is 1.68 bits per heavy atom. The van der Waals surface area contributed by atoms with E-state index in [1.165, 1.54) is 49.2 Å². The molecule has 0 saturated carbocycles. The van der Waals surface area contributed by atoms with Crippen molar-refractivity contribution >= 4 is 23.2 Å². The van der Waals surface area contributed by atoms with Crippen molar-refractivity contribution in [1.29, 1.82) is 0 Å². The van der Waals surface area contributed by atoms with E-state index in [-0.39, 0.29) is 23.0 Å². The third-order valence-electron chi connectivity index (χ3n) is 5.54. The second kappa shape index (κ2) is 9.61. The summed E-state index contributed by atoms with van der Waals surface area (Å²) >= 11 is 0. The van der Waals surface area contributed by atoms with Crippen LogP contribution in [0.15, 0.2) is 48.7 Å². The van der Waals surface area contributed by atoms with Gasteiger partial charge in [0.05, 0.1) is 36.1 Å². The molecule has 2 heterocycles. The van der Waals surface area contributed by atoms with Gasteiger partial charge >= 0.3 is 0 Å². The SMILES string of the molecule is COc1cc(NC(=O)c2ccn(-c3ccc([N+](=O)[O-])cc3)n2)c(C(=O)N2CCCC2)cc1OC. The van der Waals surface area contributed by atoms with Gasteiger partial charge in [-0.1, -0.05) is 0 Å². The average Bonchev–Trinajstić information content (AvgIpc) is 3.56. The fraction of sp³-hybridized carbons (Fsp3) is 0.261. The molecule has 0 unspecified atom stereocenters. The van der Waals surface area contributed by atoms with E-state index in [1.54, 1.807) is 23.2 Å². The van der Waals surface area contributed by atoms with E-state index in [1.807, 2.05) is 0 Å². The van der Waals surface area contributed by atoms with Crippen LogP contribution in [0.2, 0.25) is 0 Å². The number of aromatic nitrogens is 2. The minimum atomic E-state index is -0.525. The number of hydrogen-bond acceptors (Lipinski definition) is 7. The van der Waals surface area contributed by atoms with Gasteiger partial charge in [-0.05, 0) is 37.1 Å². The molecule has 0 radical (unpaired) electrons. The van der Waals surface area contributed by atoms with Crippen molar-refractivity contribution in [2.45, 2.75) is 12.8 Å². The second-order valence-corrected chi connectivity index (χ2v) is 7.63. The van der Waals surface area contributed by atoms with Gasteiger partial charge in [0.2, 0.25) is 0 Å². The lowest BCUT2D eigenvalue weighted by molar-refractivity contribution is -0.384. The van der Waals surface area contributed by atoms with Crippen LogP contribution in [0.1, 0.15) is 33.7 Å². The van der Waals surface area contributed by atoms with Crippen LogP contribution < -0.4 is 14.8 Å². The van der Waals surface area contributed by atoms with Crippen LogP contribution in [0, 0.1) is 10.1 Å². The Morgan fingerprint density at radius 1 is 1.03 bits per heavy atom. The van der Waals surface area contributed by atoms with E-state index in [0.717, 1.165) is 12.8 Å². The highest BCUT2D eigenvalue weighted by atomic mass is 16.6. The first kappa shape index (κ1) is 22.8. The van der Waals surface area contributed by atoms with Crippen molar-refractivity contribution in [1.82, 2.24) is 14.7 Å². The highest BCUT2D eigenvalue weighted by molar-refractivity contribution is 6.08. The zero-order valence-electron chi connectivity index (χ0n) is 18.7. The lowest BCUT2D eigenvalue weighted by Gasteiger charge is -2.20. The van der Waals surface area contributed by atoms with Crippen LogP contribution in [0.5, 0.6) is 11.5 Å². The number of rotatable bonds is 7. The Morgan fingerprint density at radius 3 is 2.29 bits per heavy atom. The molecule has 1 aliphatic rings. The minimum absolute atomic E-state index is 0.0440. The molecule has 1 saturated heterocycles. The molecule has 0 atom stereocenters. The van der Waals surface area contributed by atoms with Crippen LogP contribution in [-0.2, 0) is 0 Å². The first-order chi connectivity index (χ1) is 16.4. The number of benzene rings is 2. The molecule has 0 spiro atoms. The summed E-state index contributed by atoms with van der Waals surface area (Å²) < 4.78 is 12.1. The van der Waals surface area contributed by atoms with E-state index < -0.39 is 10.8 Å². The van der Waals surface area contributed by atoms with E-state index in [4.69, 9.17) is 9.47 Å². The highest BCUT2D eigenvalue weighted by Crippen LogP contribution is 2.34. The molecule has 0 aliphatic carbocycles. The molecule has 1 N–H and O–H groups in total. The normalized spacial score (nSPS) is 12.9. The smallest absolute Gasteiger partial charge is 0.276 e.